The highest BCUT2D eigenvalue weighted by molar-refractivity contribution is 7.51. The van der Waals surface area contributed by atoms with Crippen LogP contribution in [0.4, 0.5) is 0 Å². The third-order valence-corrected chi connectivity index (χ3v) is 4.87. The van der Waals surface area contributed by atoms with Crippen molar-refractivity contribution >= 4 is 15.4 Å². The summed E-state index contributed by atoms with van der Waals surface area (Å²) in [7, 11) is -7.52. The molecule has 0 aromatic heterocycles. The lowest BCUT2D eigenvalue weighted by atomic mass is 10.2. The van der Waals surface area contributed by atoms with Gasteiger partial charge in [-0.15, -0.1) is 0 Å². The van der Waals surface area contributed by atoms with Crippen LogP contribution in [0.25, 0.3) is 0 Å². The van der Waals surface area contributed by atoms with Gasteiger partial charge in [-0.25, -0.2) is 4.57 Å². The zero-order valence-electron chi connectivity index (χ0n) is 18.9. The lowest BCUT2D eigenvalue weighted by Gasteiger charge is -2.22. The molecule has 0 heterocycles. The molecule has 0 aliphatic heterocycles. The van der Waals surface area contributed by atoms with Gasteiger partial charge in [0.05, 0.1) is 84.9 Å². The van der Waals surface area contributed by atoms with Crippen LogP contribution in [0.1, 0.15) is 20.8 Å². The van der Waals surface area contributed by atoms with Gasteiger partial charge in [0.2, 0.25) is 0 Å². The predicted octanol–water partition coefficient (Wildman–Crippen LogP) is 1.83. The minimum absolute atomic E-state index is 0.0589. The molecule has 0 radical (unpaired) electrons. The molecule has 0 aliphatic carbocycles. The molecule has 31 heavy (non-hydrogen) atoms. The van der Waals surface area contributed by atoms with E-state index in [0.29, 0.717) is 52.9 Å². The molecule has 0 saturated heterocycles. The summed E-state index contributed by atoms with van der Waals surface area (Å²) in [5.41, 5.74) is -0.776. The van der Waals surface area contributed by atoms with Gasteiger partial charge in [-0.2, -0.15) is 0 Å². The summed E-state index contributed by atoms with van der Waals surface area (Å²) in [6, 6.07) is 0. The molecular formula is C17H38O12P2. The molecule has 188 valence electrons. The van der Waals surface area contributed by atoms with Crippen LogP contribution in [-0.2, 0) is 46.4 Å². The molecule has 0 aliphatic rings. The van der Waals surface area contributed by atoms with Gasteiger partial charge in [-0.1, -0.05) is 0 Å². The van der Waals surface area contributed by atoms with Gasteiger partial charge in [0, 0.05) is 6.66 Å². The molecule has 0 spiro atoms. The summed E-state index contributed by atoms with van der Waals surface area (Å²) < 4.78 is 63.2. The Bertz CT molecular complexity index is 520. The number of hydrogen-bond donors (Lipinski definition) is 2. The molecule has 0 aromatic carbocycles. The van der Waals surface area contributed by atoms with E-state index >= 15 is 0 Å². The van der Waals surface area contributed by atoms with E-state index < -0.39 is 21.0 Å². The standard InChI is InChI=1S/C17H38O12P2/c1-17(2,3)29-31(20,21)28-16-14-26-12-10-24-8-6-22-5-7-23-9-11-25-13-15-27-30(4,18)19/h5-16H2,1-4H3,(H,18,19)(H,20,21). The molecule has 0 aromatic rings. The largest absolute Gasteiger partial charge is 0.472 e. The molecule has 2 N–H and O–H groups in total. The second kappa shape index (κ2) is 17.5. The van der Waals surface area contributed by atoms with Crippen LogP contribution in [0.2, 0.25) is 0 Å². The van der Waals surface area contributed by atoms with E-state index in [9.17, 15) is 14.0 Å². The maximum atomic E-state index is 11.6. The molecule has 2 atom stereocenters. The fourth-order valence-electron chi connectivity index (χ4n) is 1.83. The van der Waals surface area contributed by atoms with Crippen LogP contribution in [0.3, 0.4) is 0 Å². The Labute approximate surface area is 184 Å². The van der Waals surface area contributed by atoms with E-state index in [1.54, 1.807) is 20.8 Å². The average Bonchev–Trinajstić information content (AvgIpc) is 2.60. The third kappa shape index (κ3) is 26.2. The van der Waals surface area contributed by atoms with E-state index in [-0.39, 0.29) is 26.4 Å². The first-order valence-electron chi connectivity index (χ1n) is 9.93. The van der Waals surface area contributed by atoms with Crippen LogP contribution < -0.4 is 0 Å². The van der Waals surface area contributed by atoms with Gasteiger partial charge < -0.3 is 38.0 Å². The Morgan fingerprint density at radius 1 is 0.581 bits per heavy atom. The highest BCUT2D eigenvalue weighted by Gasteiger charge is 2.28. The Morgan fingerprint density at radius 3 is 1.16 bits per heavy atom. The topological polar surface area (TPSA) is 148 Å². The van der Waals surface area contributed by atoms with E-state index in [4.69, 9.17) is 37.6 Å². The summed E-state index contributed by atoms with van der Waals surface area (Å²) in [4.78, 5) is 18.4. The molecule has 0 saturated carbocycles. The summed E-state index contributed by atoms with van der Waals surface area (Å²) >= 11 is 0. The number of rotatable bonds is 21. The van der Waals surface area contributed by atoms with Gasteiger partial charge in [0.15, 0.2) is 0 Å². The van der Waals surface area contributed by atoms with E-state index in [2.05, 4.69) is 4.52 Å². The van der Waals surface area contributed by atoms with Gasteiger partial charge in [0.1, 0.15) is 0 Å². The maximum Gasteiger partial charge on any atom is 0.472 e. The van der Waals surface area contributed by atoms with Crippen LogP contribution in [-0.4, -0.2) is 101 Å². The minimum Gasteiger partial charge on any atom is -0.377 e. The molecule has 14 heteroatoms. The highest BCUT2D eigenvalue weighted by atomic mass is 31.2. The fraction of sp³-hybridized carbons (Fsp3) is 1.00. The Hall–Kier alpha value is 0.0600. The van der Waals surface area contributed by atoms with Crippen molar-refractivity contribution in [3.8, 4) is 0 Å². The normalized spacial score (nSPS) is 16.2. The lowest BCUT2D eigenvalue weighted by molar-refractivity contribution is -0.0158. The summed E-state index contributed by atoms with van der Waals surface area (Å²) in [6.45, 7) is 9.54. The monoisotopic (exact) mass is 496 g/mol. The SMILES string of the molecule is CC(C)(C)OP(=O)(O)OCCOCCOCCOCCOCCOCCOP(C)(=O)O. The lowest BCUT2D eigenvalue weighted by Crippen LogP contribution is -2.19. The van der Waals surface area contributed by atoms with Crippen molar-refractivity contribution in [1.82, 2.24) is 0 Å². The molecule has 0 rings (SSSR count). The predicted molar refractivity (Wildman–Crippen MR) is 112 cm³/mol. The van der Waals surface area contributed by atoms with Crippen LogP contribution in [0.15, 0.2) is 0 Å². The highest BCUT2D eigenvalue weighted by Crippen LogP contribution is 2.46. The van der Waals surface area contributed by atoms with Gasteiger partial charge >= 0.3 is 15.4 Å². The molecule has 0 amide bonds. The first-order valence-corrected chi connectivity index (χ1v) is 13.4. The molecule has 0 fully saturated rings. The van der Waals surface area contributed by atoms with E-state index in [1.807, 2.05) is 0 Å². The van der Waals surface area contributed by atoms with Crippen molar-refractivity contribution < 1.29 is 56.2 Å². The maximum absolute atomic E-state index is 11.6. The van der Waals surface area contributed by atoms with Crippen molar-refractivity contribution in [2.24, 2.45) is 0 Å². The fourth-order valence-corrected chi connectivity index (χ4v) is 3.29. The first-order chi connectivity index (χ1) is 14.4. The van der Waals surface area contributed by atoms with Crippen molar-refractivity contribution in [3.63, 3.8) is 0 Å². The Balaban J connectivity index is 3.25. The number of phosphoric ester groups is 1. The first kappa shape index (κ1) is 31.1. The second-order valence-corrected chi connectivity index (χ2v) is 10.4. The quantitative estimate of drug-likeness (QED) is 0.176. The van der Waals surface area contributed by atoms with Gasteiger partial charge in [-0.05, 0) is 20.8 Å². The van der Waals surface area contributed by atoms with Gasteiger partial charge in [-0.3, -0.25) is 13.6 Å². The summed E-state index contributed by atoms with van der Waals surface area (Å²) in [5, 5.41) is 0. The number of hydrogen-bond acceptors (Lipinski definition) is 10. The Morgan fingerprint density at radius 2 is 0.871 bits per heavy atom. The summed E-state index contributed by atoms with van der Waals surface area (Å²) in [6.07, 6.45) is 0. The third-order valence-electron chi connectivity index (χ3n) is 2.92. The number of ether oxygens (including phenoxy) is 5. The minimum atomic E-state index is -4.08. The zero-order valence-corrected chi connectivity index (χ0v) is 20.6. The Kier molecular flexibility index (Phi) is 17.6. The number of phosphoric acid groups is 1. The average molecular weight is 496 g/mol. The van der Waals surface area contributed by atoms with Crippen LogP contribution in [0.5, 0.6) is 0 Å². The van der Waals surface area contributed by atoms with Crippen molar-refractivity contribution in [1.29, 1.82) is 0 Å². The van der Waals surface area contributed by atoms with Crippen LogP contribution in [0, 0.1) is 0 Å². The van der Waals surface area contributed by atoms with Crippen molar-refractivity contribution in [3.05, 3.63) is 0 Å². The van der Waals surface area contributed by atoms with Crippen molar-refractivity contribution in [2.45, 2.75) is 26.4 Å². The van der Waals surface area contributed by atoms with Crippen molar-refractivity contribution in [2.75, 3.05) is 85.9 Å². The second-order valence-electron chi connectivity index (χ2n) is 7.20. The molecule has 12 nitrogen and oxygen atoms in total. The van der Waals surface area contributed by atoms with E-state index in [0.717, 1.165) is 6.66 Å². The molecule has 0 bridgehead atoms. The molecule has 2 unspecified atom stereocenters. The molecular weight excluding hydrogens is 458 g/mol. The van der Waals surface area contributed by atoms with E-state index in [1.165, 1.54) is 0 Å². The van der Waals surface area contributed by atoms with Gasteiger partial charge in [0.25, 0.3) is 0 Å². The zero-order chi connectivity index (χ0) is 23.6. The van der Waals surface area contributed by atoms with Crippen LogP contribution >= 0.6 is 15.4 Å². The summed E-state index contributed by atoms with van der Waals surface area (Å²) in [5.74, 6) is 0. The smallest absolute Gasteiger partial charge is 0.377 e.